The van der Waals surface area contributed by atoms with E-state index < -0.39 is 18.2 Å². The number of carbonyl (C=O) groups excluding carboxylic acids is 1. The van der Waals surface area contributed by atoms with Crippen LogP contribution >= 0.6 is 11.8 Å². The lowest BCUT2D eigenvalue weighted by Gasteiger charge is -2.44. The summed E-state index contributed by atoms with van der Waals surface area (Å²) in [5, 5.41) is 22.1. The minimum absolute atomic E-state index is 0.00426. The Kier molecular flexibility index (Phi) is 7.78. The molecule has 208 valence electrons. The first-order valence-corrected chi connectivity index (χ1v) is 14.7. The molecule has 0 aliphatic carbocycles. The predicted octanol–water partition coefficient (Wildman–Crippen LogP) is 5.77. The summed E-state index contributed by atoms with van der Waals surface area (Å²) in [6.07, 6.45) is -0.977. The third-order valence-corrected chi connectivity index (χ3v) is 8.96. The Hall–Kier alpha value is -4.11. The van der Waals surface area contributed by atoms with E-state index in [1.807, 2.05) is 109 Å². The molecule has 0 saturated carbocycles. The van der Waals surface area contributed by atoms with Gasteiger partial charge in [-0.25, -0.2) is 9.59 Å². The maximum atomic E-state index is 14.3. The number of hydrogen-bond acceptors (Lipinski definition) is 5. The second-order valence-electron chi connectivity index (χ2n) is 10.3. The number of aliphatic hydroxyl groups excluding tert-OH is 1. The molecule has 8 heteroatoms. The molecule has 1 saturated heterocycles. The molecule has 2 amide bonds. The molecule has 2 N–H and O–H groups in total. The zero-order valence-corrected chi connectivity index (χ0v) is 23.2. The van der Waals surface area contributed by atoms with Gasteiger partial charge in [-0.1, -0.05) is 91.0 Å². The number of piperazine rings is 1. The van der Waals surface area contributed by atoms with Crippen LogP contribution in [0.15, 0.2) is 114 Å². The molecule has 0 radical (unpaired) electrons. The van der Waals surface area contributed by atoms with Crippen LogP contribution in [0.5, 0.6) is 0 Å². The number of para-hydroxylation sites is 2. The zero-order valence-electron chi connectivity index (χ0n) is 22.4. The van der Waals surface area contributed by atoms with E-state index in [-0.39, 0.29) is 25.0 Å². The van der Waals surface area contributed by atoms with Gasteiger partial charge in [0.1, 0.15) is 12.3 Å². The summed E-state index contributed by atoms with van der Waals surface area (Å²) < 4.78 is 0. The highest BCUT2D eigenvalue weighted by molar-refractivity contribution is 7.98. The van der Waals surface area contributed by atoms with Crippen molar-refractivity contribution in [1.82, 2.24) is 9.80 Å². The number of anilines is 2. The Morgan fingerprint density at radius 3 is 2.00 bits per heavy atom. The number of thioether (sulfide) groups is 1. The molecule has 2 aliphatic rings. The van der Waals surface area contributed by atoms with Crippen molar-refractivity contribution in [3.8, 4) is 0 Å². The fraction of sp³-hybridized carbons (Fsp3) is 0.212. The first-order chi connectivity index (χ1) is 20.0. The summed E-state index contributed by atoms with van der Waals surface area (Å²) in [5.74, 6) is -0.771. The number of nitrogens with zero attached hydrogens (tertiary/aromatic N) is 3. The number of benzene rings is 4. The number of amides is 2. The van der Waals surface area contributed by atoms with Crippen LogP contribution in [0.25, 0.3) is 0 Å². The summed E-state index contributed by atoms with van der Waals surface area (Å²) in [6.45, 7) is 0.500. The van der Waals surface area contributed by atoms with Crippen molar-refractivity contribution in [2.45, 2.75) is 28.8 Å². The first-order valence-electron chi connectivity index (χ1n) is 13.7. The van der Waals surface area contributed by atoms with Crippen molar-refractivity contribution in [3.05, 3.63) is 126 Å². The molecule has 7 nitrogen and oxygen atoms in total. The first kappa shape index (κ1) is 27.1. The van der Waals surface area contributed by atoms with E-state index >= 15 is 0 Å². The van der Waals surface area contributed by atoms with Gasteiger partial charge in [0.15, 0.2) is 0 Å². The SMILES string of the molecule is O=C(O)[C@@H]1CN(C(O)C(c2ccccc2)c2ccccc2)CCN1C(=O)N1c2ccccc2CSc2ccccc21. The largest absolute Gasteiger partial charge is 0.480 e. The van der Waals surface area contributed by atoms with Gasteiger partial charge in [-0.05, 0) is 34.9 Å². The summed E-state index contributed by atoms with van der Waals surface area (Å²) in [6, 6.07) is 33.5. The van der Waals surface area contributed by atoms with Gasteiger partial charge in [-0.2, -0.15) is 0 Å². The monoisotopic (exact) mass is 565 g/mol. The summed E-state index contributed by atoms with van der Waals surface area (Å²) in [7, 11) is 0. The van der Waals surface area contributed by atoms with Crippen LogP contribution in [0, 0.1) is 0 Å². The fourth-order valence-electron chi connectivity index (χ4n) is 5.79. The van der Waals surface area contributed by atoms with Crippen molar-refractivity contribution in [2.75, 3.05) is 24.5 Å². The van der Waals surface area contributed by atoms with E-state index in [0.717, 1.165) is 33.0 Å². The van der Waals surface area contributed by atoms with Crippen LogP contribution in [0.4, 0.5) is 16.2 Å². The maximum absolute atomic E-state index is 14.3. The third-order valence-electron chi connectivity index (χ3n) is 7.85. The standard InChI is InChI=1S/C33H31N3O4S/c37-31(30(23-11-3-1-4-12-23)24-13-5-2-6-14-24)34-19-20-35(28(21-34)32(38)39)33(40)36-26-16-8-7-15-25(26)22-41-29-18-10-9-17-27(29)36/h1-18,28,30-31,37H,19-22H2,(H,38,39)/t28-,31?/m0/s1. The Balaban J connectivity index is 1.31. The molecule has 1 fully saturated rings. The lowest BCUT2D eigenvalue weighted by Crippen LogP contribution is -2.62. The summed E-state index contributed by atoms with van der Waals surface area (Å²) >= 11 is 1.66. The van der Waals surface area contributed by atoms with Gasteiger partial charge >= 0.3 is 12.0 Å². The normalized spacial score (nSPS) is 17.9. The van der Waals surface area contributed by atoms with Crippen LogP contribution in [-0.4, -0.2) is 63.9 Å². The molecular formula is C33H31N3O4S. The number of rotatable bonds is 5. The van der Waals surface area contributed by atoms with Crippen molar-refractivity contribution in [3.63, 3.8) is 0 Å². The van der Waals surface area contributed by atoms with Gasteiger partial charge < -0.3 is 15.1 Å². The Labute approximate surface area is 243 Å². The van der Waals surface area contributed by atoms with Gasteiger partial charge in [0.2, 0.25) is 0 Å². The number of urea groups is 1. The van der Waals surface area contributed by atoms with Gasteiger partial charge in [-0.3, -0.25) is 9.80 Å². The number of hydrogen-bond donors (Lipinski definition) is 2. The van der Waals surface area contributed by atoms with Crippen molar-refractivity contribution in [1.29, 1.82) is 0 Å². The highest BCUT2D eigenvalue weighted by atomic mass is 32.2. The maximum Gasteiger partial charge on any atom is 0.329 e. The lowest BCUT2D eigenvalue weighted by atomic mass is 9.88. The van der Waals surface area contributed by atoms with E-state index in [1.54, 1.807) is 21.6 Å². The molecule has 4 aromatic carbocycles. The topological polar surface area (TPSA) is 84.3 Å². The molecule has 4 aromatic rings. The van der Waals surface area contributed by atoms with Crippen molar-refractivity contribution in [2.24, 2.45) is 0 Å². The second kappa shape index (κ2) is 11.8. The molecule has 0 bridgehead atoms. The number of carbonyl (C=O) groups is 2. The van der Waals surface area contributed by atoms with Crippen LogP contribution in [0.1, 0.15) is 22.6 Å². The average molecular weight is 566 g/mol. The van der Waals surface area contributed by atoms with Crippen molar-refractivity contribution >= 4 is 35.1 Å². The molecule has 2 atom stereocenters. The average Bonchev–Trinajstić information content (AvgIpc) is 3.18. The Morgan fingerprint density at radius 1 is 0.756 bits per heavy atom. The molecule has 0 spiro atoms. The summed E-state index contributed by atoms with van der Waals surface area (Å²) in [4.78, 5) is 32.8. The van der Waals surface area contributed by atoms with Crippen molar-refractivity contribution < 1.29 is 19.8 Å². The second-order valence-corrected chi connectivity index (χ2v) is 11.3. The van der Waals surface area contributed by atoms with E-state index in [9.17, 15) is 19.8 Å². The van der Waals surface area contributed by atoms with Gasteiger partial charge in [0, 0.05) is 36.2 Å². The molecule has 1 unspecified atom stereocenters. The number of fused-ring (bicyclic) bond motifs is 2. The molecule has 6 rings (SSSR count). The van der Waals surface area contributed by atoms with Gasteiger partial charge in [0.25, 0.3) is 0 Å². The van der Waals surface area contributed by atoms with E-state index in [0.29, 0.717) is 12.3 Å². The molecule has 2 heterocycles. The molecular weight excluding hydrogens is 534 g/mol. The third kappa shape index (κ3) is 5.34. The summed E-state index contributed by atoms with van der Waals surface area (Å²) in [5.41, 5.74) is 4.39. The number of aliphatic hydroxyl groups is 1. The number of carboxylic acid groups (broad SMARTS) is 1. The van der Waals surface area contributed by atoms with Crippen LogP contribution in [0.3, 0.4) is 0 Å². The quantitative estimate of drug-likeness (QED) is 0.320. The van der Waals surface area contributed by atoms with Crippen LogP contribution in [-0.2, 0) is 10.5 Å². The van der Waals surface area contributed by atoms with Gasteiger partial charge in [-0.15, -0.1) is 11.8 Å². The molecule has 0 aromatic heterocycles. The zero-order chi connectivity index (χ0) is 28.3. The van der Waals surface area contributed by atoms with Crippen LogP contribution in [0.2, 0.25) is 0 Å². The molecule has 41 heavy (non-hydrogen) atoms. The predicted molar refractivity (Wildman–Crippen MR) is 160 cm³/mol. The smallest absolute Gasteiger partial charge is 0.329 e. The lowest BCUT2D eigenvalue weighted by molar-refractivity contribution is -0.146. The fourth-order valence-corrected chi connectivity index (χ4v) is 6.82. The Bertz CT molecular complexity index is 1450. The highest BCUT2D eigenvalue weighted by Crippen LogP contribution is 2.43. The van der Waals surface area contributed by atoms with Crippen LogP contribution < -0.4 is 4.90 Å². The minimum atomic E-state index is -1.13. The minimum Gasteiger partial charge on any atom is -0.480 e. The number of carboxylic acids is 1. The van der Waals surface area contributed by atoms with E-state index in [2.05, 4.69) is 0 Å². The van der Waals surface area contributed by atoms with Gasteiger partial charge in [0.05, 0.1) is 11.4 Å². The Morgan fingerprint density at radius 2 is 1.34 bits per heavy atom. The van der Waals surface area contributed by atoms with E-state index in [1.165, 1.54) is 4.90 Å². The number of aliphatic carboxylic acids is 1. The van der Waals surface area contributed by atoms with E-state index in [4.69, 9.17) is 0 Å². The molecule has 2 aliphatic heterocycles. The highest BCUT2D eigenvalue weighted by Gasteiger charge is 2.42.